The lowest BCUT2D eigenvalue weighted by Crippen LogP contribution is -2.15. The summed E-state index contributed by atoms with van der Waals surface area (Å²) in [4.78, 5) is 11.7. The zero-order valence-electron chi connectivity index (χ0n) is 15.0. The van der Waals surface area contributed by atoms with Gasteiger partial charge >= 0.3 is 0 Å². The van der Waals surface area contributed by atoms with E-state index in [-0.39, 0.29) is 18.1 Å². The van der Waals surface area contributed by atoms with Gasteiger partial charge in [-0.1, -0.05) is 43.3 Å². The summed E-state index contributed by atoms with van der Waals surface area (Å²) in [6.45, 7) is 6.58. The lowest BCUT2D eigenvalue weighted by molar-refractivity contribution is -0.117. The van der Waals surface area contributed by atoms with Gasteiger partial charge in [0.25, 0.3) is 0 Å². The van der Waals surface area contributed by atoms with Crippen molar-refractivity contribution in [2.45, 2.75) is 32.7 Å². The highest BCUT2D eigenvalue weighted by Gasteiger charge is 2.21. The summed E-state index contributed by atoms with van der Waals surface area (Å²) in [5, 5.41) is 11.3. The number of rotatable bonds is 7. The van der Waals surface area contributed by atoms with Gasteiger partial charge in [0.2, 0.25) is 5.91 Å². The van der Waals surface area contributed by atoms with E-state index in [1.807, 2.05) is 24.3 Å². The Hall–Kier alpha value is -3.01. The smallest absolute Gasteiger partial charge is 0.221 e. The highest BCUT2D eigenvalue weighted by molar-refractivity contribution is 5.94. The predicted octanol–water partition coefficient (Wildman–Crippen LogP) is 3.71. The zero-order chi connectivity index (χ0) is 18.7. The summed E-state index contributed by atoms with van der Waals surface area (Å²) < 4.78 is 2.23. The second-order valence-electron chi connectivity index (χ2n) is 6.44. The van der Waals surface area contributed by atoms with Crippen molar-refractivity contribution in [1.29, 1.82) is 0 Å². The summed E-state index contributed by atoms with van der Waals surface area (Å²) in [6.07, 6.45) is 3.24. The average molecular weight is 348 g/mol. The van der Waals surface area contributed by atoms with Crippen molar-refractivity contribution in [1.82, 2.24) is 4.57 Å². The van der Waals surface area contributed by atoms with Gasteiger partial charge in [0.05, 0.1) is 6.42 Å². The fourth-order valence-electron chi connectivity index (χ4n) is 3.71. The van der Waals surface area contributed by atoms with E-state index >= 15 is 0 Å². The summed E-state index contributed by atoms with van der Waals surface area (Å²) in [7, 11) is 0. The maximum atomic E-state index is 11.7. The number of phenols is 1. The molecular formula is C22H24N2O2. The Bertz CT molecular complexity index is 955. The molecule has 4 heteroatoms. The molecule has 0 bridgehead atoms. The van der Waals surface area contributed by atoms with Crippen molar-refractivity contribution >= 4 is 16.8 Å². The molecule has 1 amide bonds. The fourth-order valence-corrected chi connectivity index (χ4v) is 3.71. The molecule has 1 heterocycles. The number of carbonyl (C=O) groups excluding carboxylic acids is 1. The van der Waals surface area contributed by atoms with Gasteiger partial charge < -0.3 is 15.4 Å². The number of primary amides is 1. The van der Waals surface area contributed by atoms with E-state index in [2.05, 4.69) is 30.2 Å². The molecule has 4 nitrogen and oxygen atoms in total. The molecule has 3 aromatic rings. The van der Waals surface area contributed by atoms with Crippen molar-refractivity contribution < 1.29 is 9.90 Å². The highest BCUT2D eigenvalue weighted by atomic mass is 16.3. The molecule has 0 saturated heterocycles. The first kappa shape index (κ1) is 17.8. The minimum absolute atomic E-state index is 0.162. The number of benzene rings is 2. The van der Waals surface area contributed by atoms with Crippen LogP contribution in [0, 0.1) is 0 Å². The summed E-state index contributed by atoms with van der Waals surface area (Å²) in [6, 6.07) is 13.8. The number of fused-ring (bicyclic) bond motifs is 1. The molecule has 0 fully saturated rings. The molecule has 0 spiro atoms. The van der Waals surface area contributed by atoms with Gasteiger partial charge in [0, 0.05) is 28.7 Å². The Labute approximate surface area is 153 Å². The zero-order valence-corrected chi connectivity index (χ0v) is 15.0. The fraction of sp³-hybridized carbons (Fsp3) is 0.227. The first-order chi connectivity index (χ1) is 12.6. The van der Waals surface area contributed by atoms with Gasteiger partial charge in [-0.3, -0.25) is 4.79 Å². The van der Waals surface area contributed by atoms with E-state index in [0.29, 0.717) is 13.0 Å². The Morgan fingerprint density at radius 2 is 1.92 bits per heavy atom. The van der Waals surface area contributed by atoms with Gasteiger partial charge in [-0.2, -0.15) is 0 Å². The number of phenolic OH excluding ortho intramolecular Hbond substituents is 1. The number of hydrogen-bond acceptors (Lipinski definition) is 2. The van der Waals surface area contributed by atoms with Crippen LogP contribution in [0.3, 0.4) is 0 Å². The standard InChI is InChI=1S/C22H24N2O2/c1-3-8-16-20(25)12-11-19-22(16)17(13-21(23)26)18(4-2)24(19)14-15-9-6-5-7-10-15/h3,5-7,9-12,25H,1,4,8,13-14H2,2H3,(H2,23,26). The molecule has 0 aliphatic heterocycles. The molecule has 0 atom stereocenters. The van der Waals surface area contributed by atoms with Crippen LogP contribution in [0.25, 0.3) is 10.9 Å². The van der Waals surface area contributed by atoms with Crippen LogP contribution in [0.5, 0.6) is 5.75 Å². The summed E-state index contributed by atoms with van der Waals surface area (Å²) >= 11 is 0. The maximum Gasteiger partial charge on any atom is 0.221 e. The third-order valence-electron chi connectivity index (χ3n) is 4.75. The van der Waals surface area contributed by atoms with Crippen molar-refractivity contribution in [2.24, 2.45) is 5.73 Å². The second-order valence-corrected chi connectivity index (χ2v) is 6.44. The summed E-state index contributed by atoms with van der Waals surface area (Å²) in [5.41, 5.74) is 10.5. The lowest BCUT2D eigenvalue weighted by atomic mass is 9.98. The number of aromatic nitrogens is 1. The number of carbonyl (C=O) groups is 1. The quantitative estimate of drug-likeness (QED) is 0.639. The molecule has 134 valence electrons. The Morgan fingerprint density at radius 3 is 2.54 bits per heavy atom. The van der Waals surface area contributed by atoms with Crippen molar-refractivity contribution in [3.63, 3.8) is 0 Å². The molecule has 1 aromatic heterocycles. The van der Waals surface area contributed by atoms with Gasteiger partial charge in [-0.05, 0) is 36.1 Å². The number of hydrogen-bond donors (Lipinski definition) is 2. The minimum Gasteiger partial charge on any atom is -0.508 e. The molecule has 3 N–H and O–H groups in total. The molecule has 0 aliphatic carbocycles. The third-order valence-corrected chi connectivity index (χ3v) is 4.75. The van der Waals surface area contributed by atoms with Crippen LogP contribution >= 0.6 is 0 Å². The Morgan fingerprint density at radius 1 is 1.19 bits per heavy atom. The predicted molar refractivity (Wildman–Crippen MR) is 105 cm³/mol. The number of aromatic hydroxyl groups is 1. The Balaban J connectivity index is 2.31. The molecule has 3 rings (SSSR count). The minimum atomic E-state index is -0.369. The van der Waals surface area contributed by atoms with Crippen LogP contribution in [0.1, 0.15) is 29.3 Å². The van der Waals surface area contributed by atoms with Crippen LogP contribution < -0.4 is 5.73 Å². The number of nitrogens with two attached hydrogens (primary N) is 1. The number of allylic oxidation sites excluding steroid dienone is 1. The maximum absolute atomic E-state index is 11.7. The normalized spacial score (nSPS) is 11.0. The van der Waals surface area contributed by atoms with Crippen LogP contribution in [0.15, 0.2) is 55.1 Å². The van der Waals surface area contributed by atoms with Crippen molar-refractivity contribution in [3.05, 3.63) is 77.5 Å². The third kappa shape index (κ3) is 3.23. The SMILES string of the molecule is C=CCc1c(O)ccc2c1c(CC(N)=O)c(CC)n2Cc1ccccc1. The number of amides is 1. The second kappa shape index (κ2) is 7.48. The molecule has 0 aliphatic rings. The largest absolute Gasteiger partial charge is 0.508 e. The van der Waals surface area contributed by atoms with Crippen LogP contribution in [0.2, 0.25) is 0 Å². The van der Waals surface area contributed by atoms with Crippen LogP contribution in [-0.2, 0) is 30.6 Å². The molecule has 0 saturated carbocycles. The van der Waals surface area contributed by atoms with E-state index in [9.17, 15) is 9.90 Å². The van der Waals surface area contributed by atoms with Crippen molar-refractivity contribution in [3.8, 4) is 5.75 Å². The van der Waals surface area contributed by atoms with Crippen LogP contribution in [0.4, 0.5) is 0 Å². The number of nitrogens with zero attached hydrogens (tertiary/aromatic N) is 1. The van der Waals surface area contributed by atoms with Gasteiger partial charge in [-0.15, -0.1) is 6.58 Å². The monoisotopic (exact) mass is 348 g/mol. The van der Waals surface area contributed by atoms with E-state index in [4.69, 9.17) is 5.73 Å². The lowest BCUT2D eigenvalue weighted by Gasteiger charge is -2.11. The highest BCUT2D eigenvalue weighted by Crippen LogP contribution is 2.35. The van der Waals surface area contributed by atoms with Gasteiger partial charge in [0.15, 0.2) is 0 Å². The molecule has 0 radical (unpaired) electrons. The first-order valence-corrected chi connectivity index (χ1v) is 8.84. The van der Waals surface area contributed by atoms with Crippen molar-refractivity contribution in [2.75, 3.05) is 0 Å². The van der Waals surface area contributed by atoms with E-state index in [1.165, 1.54) is 5.56 Å². The molecule has 2 aromatic carbocycles. The van der Waals surface area contributed by atoms with Gasteiger partial charge in [-0.25, -0.2) is 0 Å². The first-order valence-electron chi connectivity index (χ1n) is 8.84. The summed E-state index contributed by atoms with van der Waals surface area (Å²) in [5.74, 6) is -0.144. The van der Waals surface area contributed by atoms with E-state index < -0.39 is 0 Å². The average Bonchev–Trinajstić information content (AvgIpc) is 2.90. The Kier molecular flexibility index (Phi) is 5.12. The van der Waals surface area contributed by atoms with Crippen LogP contribution in [-0.4, -0.2) is 15.6 Å². The van der Waals surface area contributed by atoms with E-state index in [0.717, 1.165) is 34.1 Å². The molecule has 26 heavy (non-hydrogen) atoms. The molecular weight excluding hydrogens is 324 g/mol. The molecule has 0 unspecified atom stereocenters. The van der Waals surface area contributed by atoms with Gasteiger partial charge in [0.1, 0.15) is 5.75 Å². The van der Waals surface area contributed by atoms with E-state index in [1.54, 1.807) is 12.1 Å². The topological polar surface area (TPSA) is 68.2 Å².